The van der Waals surface area contributed by atoms with Crippen molar-refractivity contribution in [3.63, 3.8) is 0 Å². The second-order valence-corrected chi connectivity index (χ2v) is 3.64. The SMILES string of the molecule is [CH2]C1CCCCCCC1=S. The molecule has 0 saturated heterocycles. The highest BCUT2D eigenvalue weighted by molar-refractivity contribution is 7.80. The molecule has 0 aliphatic heterocycles. The lowest BCUT2D eigenvalue weighted by Crippen LogP contribution is -2.10. The lowest BCUT2D eigenvalue weighted by Gasteiger charge is -2.15. The summed E-state index contributed by atoms with van der Waals surface area (Å²) in [6.45, 7) is 4.04. The van der Waals surface area contributed by atoms with Crippen LogP contribution in [-0.4, -0.2) is 4.86 Å². The predicted octanol–water partition coefficient (Wildman–Crippen LogP) is 3.16. The minimum Gasteiger partial charge on any atom is -0.0894 e. The van der Waals surface area contributed by atoms with Crippen LogP contribution >= 0.6 is 12.2 Å². The fourth-order valence-electron chi connectivity index (χ4n) is 1.41. The summed E-state index contributed by atoms with van der Waals surface area (Å²) in [4.78, 5) is 1.21. The Morgan fingerprint density at radius 1 is 1.20 bits per heavy atom. The van der Waals surface area contributed by atoms with E-state index in [9.17, 15) is 0 Å². The quantitative estimate of drug-likeness (QED) is 0.484. The van der Waals surface area contributed by atoms with Crippen LogP contribution in [0.25, 0.3) is 0 Å². The molecule has 0 bridgehead atoms. The van der Waals surface area contributed by atoms with Crippen molar-refractivity contribution in [2.75, 3.05) is 0 Å². The summed E-state index contributed by atoms with van der Waals surface area (Å²) < 4.78 is 0. The molecule has 1 atom stereocenters. The molecule has 1 aliphatic rings. The van der Waals surface area contributed by atoms with Gasteiger partial charge in [-0.15, -0.1) is 0 Å². The number of thiocarbonyl (C=S) groups is 1. The Morgan fingerprint density at radius 2 is 1.90 bits per heavy atom. The fraction of sp³-hybridized carbons (Fsp3) is 0.778. The van der Waals surface area contributed by atoms with Gasteiger partial charge in [0.05, 0.1) is 0 Å². The molecule has 1 heteroatoms. The van der Waals surface area contributed by atoms with Crippen molar-refractivity contribution in [2.24, 2.45) is 5.92 Å². The van der Waals surface area contributed by atoms with E-state index in [1.165, 1.54) is 37.0 Å². The lowest BCUT2D eigenvalue weighted by atomic mass is 9.92. The van der Waals surface area contributed by atoms with E-state index in [2.05, 4.69) is 6.92 Å². The zero-order valence-electron chi connectivity index (χ0n) is 6.44. The molecular weight excluding hydrogens is 140 g/mol. The van der Waals surface area contributed by atoms with Crippen LogP contribution in [-0.2, 0) is 0 Å². The Bertz CT molecular complexity index is 118. The second-order valence-electron chi connectivity index (χ2n) is 3.12. The van der Waals surface area contributed by atoms with E-state index in [1.807, 2.05) is 0 Å². The fourth-order valence-corrected chi connectivity index (χ4v) is 1.67. The summed E-state index contributed by atoms with van der Waals surface area (Å²) in [5.41, 5.74) is 0. The molecule has 0 nitrogen and oxygen atoms in total. The monoisotopic (exact) mass is 155 g/mol. The highest BCUT2D eigenvalue weighted by Crippen LogP contribution is 2.19. The van der Waals surface area contributed by atoms with Gasteiger partial charge < -0.3 is 0 Å². The Balaban J connectivity index is 2.35. The van der Waals surface area contributed by atoms with E-state index in [0.29, 0.717) is 5.92 Å². The highest BCUT2D eigenvalue weighted by atomic mass is 32.1. The van der Waals surface area contributed by atoms with Crippen LogP contribution in [0.1, 0.15) is 38.5 Å². The van der Waals surface area contributed by atoms with Gasteiger partial charge in [-0.2, -0.15) is 0 Å². The number of hydrogen-bond acceptors (Lipinski definition) is 1. The van der Waals surface area contributed by atoms with Crippen molar-refractivity contribution >= 4 is 17.1 Å². The highest BCUT2D eigenvalue weighted by Gasteiger charge is 2.10. The van der Waals surface area contributed by atoms with Crippen molar-refractivity contribution in [3.05, 3.63) is 6.92 Å². The average molecular weight is 155 g/mol. The van der Waals surface area contributed by atoms with Crippen LogP contribution in [0.4, 0.5) is 0 Å². The Labute approximate surface area is 69.0 Å². The van der Waals surface area contributed by atoms with E-state index in [-0.39, 0.29) is 0 Å². The van der Waals surface area contributed by atoms with Crippen LogP contribution in [0, 0.1) is 12.8 Å². The van der Waals surface area contributed by atoms with Gasteiger partial charge in [-0.05, 0) is 37.0 Å². The third kappa shape index (κ3) is 2.37. The van der Waals surface area contributed by atoms with Crippen molar-refractivity contribution in [1.82, 2.24) is 0 Å². The van der Waals surface area contributed by atoms with E-state index >= 15 is 0 Å². The standard InChI is InChI=1S/C9H15S/c1-8-6-4-2-3-5-7-9(8)10/h8H,1-7H2. The molecule has 1 unspecified atom stereocenters. The Kier molecular flexibility index (Phi) is 3.33. The van der Waals surface area contributed by atoms with E-state index < -0.39 is 0 Å². The molecule has 0 spiro atoms. The minimum absolute atomic E-state index is 0.468. The first kappa shape index (κ1) is 8.19. The molecule has 0 aromatic rings. The van der Waals surface area contributed by atoms with Crippen molar-refractivity contribution in [3.8, 4) is 0 Å². The molecule has 0 aromatic heterocycles. The molecule has 0 amide bonds. The predicted molar refractivity (Wildman–Crippen MR) is 49.1 cm³/mol. The first-order chi connectivity index (χ1) is 4.80. The molecule has 1 aliphatic carbocycles. The molecule has 1 radical (unpaired) electrons. The van der Waals surface area contributed by atoms with E-state index in [4.69, 9.17) is 12.2 Å². The third-order valence-corrected chi connectivity index (χ3v) is 2.72. The van der Waals surface area contributed by atoms with Crippen LogP contribution in [0.5, 0.6) is 0 Å². The van der Waals surface area contributed by atoms with Gasteiger partial charge in [-0.3, -0.25) is 0 Å². The molecule has 10 heavy (non-hydrogen) atoms. The van der Waals surface area contributed by atoms with E-state index in [0.717, 1.165) is 6.42 Å². The molecule has 0 aromatic carbocycles. The zero-order chi connectivity index (χ0) is 7.40. The smallest absolute Gasteiger partial charge is 0.00406 e. The van der Waals surface area contributed by atoms with E-state index in [1.54, 1.807) is 0 Å². The van der Waals surface area contributed by atoms with Gasteiger partial charge in [0.25, 0.3) is 0 Å². The molecule has 57 valence electrons. The summed E-state index contributed by atoms with van der Waals surface area (Å²) in [7, 11) is 0. The number of hydrogen-bond donors (Lipinski definition) is 0. The second kappa shape index (κ2) is 4.07. The first-order valence-electron chi connectivity index (χ1n) is 4.16. The van der Waals surface area contributed by atoms with Crippen LogP contribution in [0.2, 0.25) is 0 Å². The van der Waals surface area contributed by atoms with Crippen molar-refractivity contribution < 1.29 is 0 Å². The van der Waals surface area contributed by atoms with Crippen molar-refractivity contribution in [1.29, 1.82) is 0 Å². The van der Waals surface area contributed by atoms with Gasteiger partial charge in [-0.1, -0.05) is 31.5 Å². The van der Waals surface area contributed by atoms with Crippen LogP contribution in [0.15, 0.2) is 0 Å². The van der Waals surface area contributed by atoms with Gasteiger partial charge in [0.1, 0.15) is 0 Å². The molecule has 1 rings (SSSR count). The van der Waals surface area contributed by atoms with Gasteiger partial charge in [0.2, 0.25) is 0 Å². The van der Waals surface area contributed by atoms with Gasteiger partial charge in [0, 0.05) is 0 Å². The molecule has 1 saturated carbocycles. The summed E-state index contributed by atoms with van der Waals surface area (Å²) in [6.07, 6.45) is 7.74. The molecular formula is C9H15S. The summed E-state index contributed by atoms with van der Waals surface area (Å²) in [6, 6.07) is 0. The third-order valence-electron chi connectivity index (χ3n) is 2.18. The first-order valence-corrected chi connectivity index (χ1v) is 4.57. The maximum absolute atomic E-state index is 5.21. The lowest BCUT2D eigenvalue weighted by molar-refractivity contribution is 0.568. The molecule has 1 fully saturated rings. The van der Waals surface area contributed by atoms with Crippen LogP contribution < -0.4 is 0 Å². The van der Waals surface area contributed by atoms with Gasteiger partial charge in [-0.25, -0.2) is 0 Å². The van der Waals surface area contributed by atoms with Gasteiger partial charge in [0.15, 0.2) is 0 Å². The minimum atomic E-state index is 0.468. The van der Waals surface area contributed by atoms with Gasteiger partial charge >= 0.3 is 0 Å². The topological polar surface area (TPSA) is 0 Å². The Morgan fingerprint density at radius 3 is 2.70 bits per heavy atom. The summed E-state index contributed by atoms with van der Waals surface area (Å²) >= 11 is 5.21. The molecule has 0 N–H and O–H groups in total. The average Bonchev–Trinajstić information content (AvgIpc) is 1.92. The van der Waals surface area contributed by atoms with Crippen LogP contribution in [0.3, 0.4) is 0 Å². The summed E-state index contributed by atoms with van der Waals surface area (Å²) in [5, 5.41) is 0. The maximum Gasteiger partial charge on any atom is -0.00406 e. The summed E-state index contributed by atoms with van der Waals surface area (Å²) in [5.74, 6) is 0.468. The largest absolute Gasteiger partial charge is 0.0894 e. The zero-order valence-corrected chi connectivity index (χ0v) is 7.25. The van der Waals surface area contributed by atoms with Crippen molar-refractivity contribution in [2.45, 2.75) is 38.5 Å². The maximum atomic E-state index is 5.21. The molecule has 0 heterocycles. The number of rotatable bonds is 0. The Hall–Kier alpha value is 0.0900. The normalized spacial score (nSPS) is 29.3.